The highest BCUT2D eigenvalue weighted by Crippen LogP contribution is 2.23. The molecule has 0 aliphatic carbocycles. The summed E-state index contributed by atoms with van der Waals surface area (Å²) in [5.74, 6) is 0. The first-order valence-corrected chi connectivity index (χ1v) is 7.73. The Labute approximate surface area is 133 Å². The zero-order chi connectivity index (χ0) is 15.8. The lowest BCUT2D eigenvalue weighted by atomic mass is 9.99. The summed E-state index contributed by atoms with van der Waals surface area (Å²) in [7, 11) is 1.60. The summed E-state index contributed by atoms with van der Waals surface area (Å²) >= 11 is 0. The van der Waals surface area contributed by atoms with Crippen LogP contribution in [0.1, 0.15) is 17.5 Å². The van der Waals surface area contributed by atoms with Gasteiger partial charge >= 0.3 is 0 Å². The van der Waals surface area contributed by atoms with E-state index in [4.69, 9.17) is 4.74 Å². The van der Waals surface area contributed by atoms with Crippen molar-refractivity contribution in [2.45, 2.75) is 26.0 Å². The summed E-state index contributed by atoms with van der Waals surface area (Å²) in [6.07, 6.45) is 0.307. The van der Waals surface area contributed by atoms with E-state index in [2.05, 4.69) is 60.8 Å². The maximum atomic E-state index is 9.60. The van der Waals surface area contributed by atoms with E-state index in [1.807, 2.05) is 0 Å². The molecule has 2 N–H and O–H groups in total. The van der Waals surface area contributed by atoms with Crippen LogP contribution in [0.5, 0.6) is 0 Å². The molecule has 3 heteroatoms. The molecule has 0 amide bonds. The number of hydrogen-bond acceptors (Lipinski definition) is 3. The second kappa shape index (κ2) is 8.69. The number of hydrogen-bond donors (Lipinski definition) is 2. The van der Waals surface area contributed by atoms with E-state index in [-0.39, 0.29) is 0 Å². The summed E-state index contributed by atoms with van der Waals surface area (Å²) < 4.78 is 4.92. The highest BCUT2D eigenvalue weighted by Gasteiger charge is 2.04. The Morgan fingerprint density at radius 1 is 1.14 bits per heavy atom. The van der Waals surface area contributed by atoms with Crippen LogP contribution in [0.25, 0.3) is 11.1 Å². The molecule has 0 radical (unpaired) electrons. The van der Waals surface area contributed by atoms with E-state index in [1.54, 1.807) is 7.11 Å². The molecule has 0 bridgehead atoms. The Morgan fingerprint density at radius 3 is 2.73 bits per heavy atom. The van der Waals surface area contributed by atoms with Crippen molar-refractivity contribution in [3.63, 3.8) is 0 Å². The molecule has 0 aliphatic rings. The van der Waals surface area contributed by atoms with Crippen LogP contribution in [0.3, 0.4) is 0 Å². The lowest BCUT2D eigenvalue weighted by molar-refractivity contribution is 0.0594. The zero-order valence-electron chi connectivity index (χ0n) is 13.4. The van der Waals surface area contributed by atoms with Gasteiger partial charge in [-0.1, -0.05) is 42.5 Å². The van der Waals surface area contributed by atoms with Crippen molar-refractivity contribution in [1.82, 2.24) is 5.32 Å². The van der Waals surface area contributed by atoms with E-state index in [9.17, 15) is 5.11 Å². The Bertz CT molecular complexity index is 583. The number of nitrogens with one attached hydrogen (secondary N) is 1. The van der Waals surface area contributed by atoms with Crippen molar-refractivity contribution in [3.8, 4) is 11.1 Å². The van der Waals surface area contributed by atoms with Crippen molar-refractivity contribution < 1.29 is 9.84 Å². The number of aliphatic hydroxyl groups is 1. The lowest BCUT2D eigenvalue weighted by Crippen LogP contribution is -2.23. The maximum absolute atomic E-state index is 9.60. The minimum atomic E-state index is -0.393. The second-order valence-electron chi connectivity index (χ2n) is 5.59. The first kappa shape index (κ1) is 16.7. The summed E-state index contributed by atoms with van der Waals surface area (Å²) in [5.41, 5.74) is 5.06. The number of aryl methyl sites for hydroxylation is 1. The minimum absolute atomic E-state index is 0.393. The van der Waals surface area contributed by atoms with Gasteiger partial charge < -0.3 is 15.2 Å². The molecular weight excluding hydrogens is 274 g/mol. The van der Waals surface area contributed by atoms with Crippen LogP contribution in [0, 0.1) is 6.92 Å². The molecule has 2 aromatic rings. The van der Waals surface area contributed by atoms with Gasteiger partial charge in [0.1, 0.15) is 0 Å². The second-order valence-corrected chi connectivity index (χ2v) is 5.59. The molecule has 1 atom stereocenters. The van der Waals surface area contributed by atoms with Gasteiger partial charge in [0.2, 0.25) is 0 Å². The van der Waals surface area contributed by atoms with Gasteiger partial charge in [0.05, 0.1) is 12.7 Å². The molecule has 1 unspecified atom stereocenters. The molecule has 118 valence electrons. The predicted octanol–water partition coefficient (Wildman–Crippen LogP) is 3.15. The van der Waals surface area contributed by atoms with Crippen LogP contribution in [-0.4, -0.2) is 31.5 Å². The van der Waals surface area contributed by atoms with Crippen molar-refractivity contribution in [3.05, 3.63) is 59.7 Å². The molecule has 2 aromatic carbocycles. The third-order valence-corrected chi connectivity index (χ3v) is 3.73. The number of benzene rings is 2. The van der Waals surface area contributed by atoms with Gasteiger partial charge in [-0.25, -0.2) is 0 Å². The van der Waals surface area contributed by atoms with E-state index >= 15 is 0 Å². The quantitative estimate of drug-likeness (QED) is 0.736. The normalized spacial score (nSPS) is 12.3. The van der Waals surface area contributed by atoms with E-state index in [0.717, 1.165) is 13.1 Å². The first-order valence-electron chi connectivity index (χ1n) is 7.73. The summed E-state index contributed by atoms with van der Waals surface area (Å²) in [4.78, 5) is 0. The fourth-order valence-electron chi connectivity index (χ4n) is 2.52. The van der Waals surface area contributed by atoms with Gasteiger partial charge in [-0.2, -0.15) is 0 Å². The van der Waals surface area contributed by atoms with Gasteiger partial charge in [-0.05, 0) is 48.2 Å². The Hall–Kier alpha value is -1.68. The van der Waals surface area contributed by atoms with Crippen LogP contribution >= 0.6 is 0 Å². The fraction of sp³-hybridized carbons (Fsp3) is 0.368. The van der Waals surface area contributed by atoms with Crippen LogP contribution in [0.4, 0.5) is 0 Å². The number of ether oxygens (including phenoxy) is 1. The van der Waals surface area contributed by atoms with Crippen LogP contribution in [0.15, 0.2) is 48.5 Å². The third kappa shape index (κ3) is 4.95. The molecule has 2 rings (SSSR count). The SMILES string of the molecule is COCC(O)CCNCc1cccc(-c2ccccc2C)c1. The molecule has 0 saturated carbocycles. The maximum Gasteiger partial charge on any atom is 0.0785 e. The topological polar surface area (TPSA) is 41.5 Å². The lowest BCUT2D eigenvalue weighted by Gasteiger charge is -2.11. The van der Waals surface area contributed by atoms with Crippen LogP contribution in [0.2, 0.25) is 0 Å². The van der Waals surface area contributed by atoms with Gasteiger partial charge in [0.15, 0.2) is 0 Å². The van der Waals surface area contributed by atoms with Crippen molar-refractivity contribution >= 4 is 0 Å². The highest BCUT2D eigenvalue weighted by atomic mass is 16.5. The van der Waals surface area contributed by atoms with Crippen LogP contribution < -0.4 is 5.32 Å². The van der Waals surface area contributed by atoms with Crippen molar-refractivity contribution in [1.29, 1.82) is 0 Å². The molecule has 0 aromatic heterocycles. The molecule has 22 heavy (non-hydrogen) atoms. The monoisotopic (exact) mass is 299 g/mol. The molecular formula is C19H25NO2. The zero-order valence-corrected chi connectivity index (χ0v) is 13.4. The van der Waals surface area contributed by atoms with Crippen LogP contribution in [-0.2, 0) is 11.3 Å². The number of methoxy groups -OCH3 is 1. The van der Waals surface area contributed by atoms with Crippen molar-refractivity contribution in [2.75, 3.05) is 20.3 Å². The molecule has 3 nitrogen and oxygen atoms in total. The predicted molar refractivity (Wildman–Crippen MR) is 90.8 cm³/mol. The van der Waals surface area contributed by atoms with Gasteiger partial charge in [0, 0.05) is 13.7 Å². The van der Waals surface area contributed by atoms with Gasteiger partial charge in [-0.3, -0.25) is 0 Å². The number of rotatable bonds is 8. The summed E-state index contributed by atoms with van der Waals surface area (Å²) in [6.45, 7) is 4.11. The van der Waals surface area contributed by atoms with Gasteiger partial charge in [-0.15, -0.1) is 0 Å². The number of aliphatic hydroxyl groups excluding tert-OH is 1. The summed E-state index contributed by atoms with van der Waals surface area (Å²) in [6, 6.07) is 17.0. The average Bonchev–Trinajstić information content (AvgIpc) is 2.53. The minimum Gasteiger partial charge on any atom is -0.391 e. The highest BCUT2D eigenvalue weighted by molar-refractivity contribution is 5.67. The summed E-state index contributed by atoms with van der Waals surface area (Å²) in [5, 5.41) is 13.0. The molecule has 0 heterocycles. The average molecular weight is 299 g/mol. The fourth-order valence-corrected chi connectivity index (χ4v) is 2.52. The van der Waals surface area contributed by atoms with E-state index in [1.165, 1.54) is 22.3 Å². The first-order chi connectivity index (χ1) is 10.7. The van der Waals surface area contributed by atoms with Crippen molar-refractivity contribution in [2.24, 2.45) is 0 Å². The van der Waals surface area contributed by atoms with E-state index in [0.29, 0.717) is 13.0 Å². The Morgan fingerprint density at radius 2 is 1.95 bits per heavy atom. The standard InChI is InChI=1S/C19H25NO2/c1-15-6-3-4-9-19(15)17-8-5-7-16(12-17)13-20-11-10-18(21)14-22-2/h3-9,12,18,20-21H,10-11,13-14H2,1-2H3. The molecule has 0 fully saturated rings. The smallest absolute Gasteiger partial charge is 0.0785 e. The Kier molecular flexibility index (Phi) is 6.59. The Balaban J connectivity index is 1.91. The molecule has 0 aliphatic heterocycles. The molecule has 0 saturated heterocycles. The largest absolute Gasteiger partial charge is 0.391 e. The third-order valence-electron chi connectivity index (χ3n) is 3.73. The van der Waals surface area contributed by atoms with Gasteiger partial charge in [0.25, 0.3) is 0 Å². The molecule has 0 spiro atoms. The van der Waals surface area contributed by atoms with E-state index < -0.39 is 6.10 Å².